The van der Waals surface area contributed by atoms with Gasteiger partial charge in [0, 0.05) is 6.04 Å². The lowest BCUT2D eigenvalue weighted by Gasteiger charge is -2.11. The van der Waals surface area contributed by atoms with Crippen LogP contribution < -0.4 is 10.5 Å². The SMILES string of the molecule is CCC(N)c1cccc(S(=O)(=O)NCc2ncc(C)o2)c1. The van der Waals surface area contributed by atoms with Crippen LogP contribution in [0.4, 0.5) is 0 Å². The van der Waals surface area contributed by atoms with E-state index in [1.807, 2.05) is 13.0 Å². The first kappa shape index (κ1) is 15.7. The third-order valence-corrected chi connectivity index (χ3v) is 4.52. The minimum Gasteiger partial charge on any atom is -0.445 e. The van der Waals surface area contributed by atoms with Gasteiger partial charge in [0.15, 0.2) is 0 Å². The highest BCUT2D eigenvalue weighted by Gasteiger charge is 2.16. The molecule has 0 fully saturated rings. The average molecular weight is 309 g/mol. The average Bonchev–Trinajstić information content (AvgIpc) is 2.90. The quantitative estimate of drug-likeness (QED) is 0.849. The van der Waals surface area contributed by atoms with Crippen LogP contribution in [0.3, 0.4) is 0 Å². The Kier molecular flexibility index (Phi) is 4.76. The molecule has 7 heteroatoms. The molecule has 114 valence electrons. The van der Waals surface area contributed by atoms with Crippen molar-refractivity contribution in [3.8, 4) is 0 Å². The summed E-state index contributed by atoms with van der Waals surface area (Å²) in [6.45, 7) is 3.72. The molecule has 0 amide bonds. The topological polar surface area (TPSA) is 98.2 Å². The number of oxazole rings is 1. The maximum Gasteiger partial charge on any atom is 0.241 e. The maximum atomic E-state index is 12.3. The van der Waals surface area contributed by atoms with Gasteiger partial charge in [-0.15, -0.1) is 0 Å². The molecule has 1 atom stereocenters. The second-order valence-electron chi connectivity index (χ2n) is 4.78. The Morgan fingerprint density at radius 3 is 2.81 bits per heavy atom. The standard InChI is InChI=1S/C14H19N3O3S/c1-3-13(15)11-5-4-6-12(7-11)21(18,19)17-9-14-16-8-10(2)20-14/h4-8,13,17H,3,9,15H2,1-2H3. The number of sulfonamides is 1. The van der Waals surface area contributed by atoms with Crippen LogP contribution in [0.2, 0.25) is 0 Å². The van der Waals surface area contributed by atoms with Gasteiger partial charge < -0.3 is 10.2 Å². The smallest absolute Gasteiger partial charge is 0.241 e. The van der Waals surface area contributed by atoms with Crippen LogP contribution in [-0.4, -0.2) is 13.4 Å². The van der Waals surface area contributed by atoms with E-state index in [1.165, 1.54) is 6.07 Å². The Hall–Kier alpha value is -1.70. The van der Waals surface area contributed by atoms with E-state index in [2.05, 4.69) is 9.71 Å². The van der Waals surface area contributed by atoms with Crippen LogP contribution in [0.15, 0.2) is 39.8 Å². The van der Waals surface area contributed by atoms with Crippen LogP contribution in [0.1, 0.15) is 36.6 Å². The van der Waals surface area contributed by atoms with Crippen molar-refractivity contribution in [2.24, 2.45) is 5.73 Å². The normalized spacial score (nSPS) is 13.3. The van der Waals surface area contributed by atoms with Gasteiger partial charge in [-0.05, 0) is 31.0 Å². The molecular weight excluding hydrogens is 290 g/mol. The van der Waals surface area contributed by atoms with Crippen LogP contribution in [0, 0.1) is 6.92 Å². The molecule has 0 aliphatic heterocycles. The number of aryl methyl sites for hydroxylation is 1. The molecule has 1 aromatic heterocycles. The molecule has 0 saturated heterocycles. The fraction of sp³-hybridized carbons (Fsp3) is 0.357. The van der Waals surface area contributed by atoms with Crippen LogP contribution in [0.25, 0.3) is 0 Å². The zero-order valence-corrected chi connectivity index (χ0v) is 12.9. The lowest BCUT2D eigenvalue weighted by atomic mass is 10.1. The van der Waals surface area contributed by atoms with Gasteiger partial charge in [-0.1, -0.05) is 19.1 Å². The number of nitrogens with two attached hydrogens (primary N) is 1. The first-order chi connectivity index (χ1) is 9.92. The summed E-state index contributed by atoms with van der Waals surface area (Å²) in [6, 6.07) is 6.47. The zero-order chi connectivity index (χ0) is 15.5. The van der Waals surface area contributed by atoms with Crippen molar-refractivity contribution in [3.63, 3.8) is 0 Å². The Morgan fingerprint density at radius 2 is 2.19 bits per heavy atom. The van der Waals surface area contributed by atoms with Crippen LogP contribution in [0.5, 0.6) is 0 Å². The molecule has 2 rings (SSSR count). The maximum absolute atomic E-state index is 12.3. The molecular formula is C14H19N3O3S. The van der Waals surface area contributed by atoms with Crippen molar-refractivity contribution in [3.05, 3.63) is 47.7 Å². The lowest BCUT2D eigenvalue weighted by Crippen LogP contribution is -2.23. The van der Waals surface area contributed by atoms with E-state index in [0.717, 1.165) is 12.0 Å². The molecule has 0 saturated carbocycles. The summed E-state index contributed by atoms with van der Waals surface area (Å²) in [5.41, 5.74) is 6.73. The van der Waals surface area contributed by atoms with E-state index in [9.17, 15) is 8.42 Å². The molecule has 0 radical (unpaired) electrons. The van der Waals surface area contributed by atoms with Crippen molar-refractivity contribution in [1.82, 2.24) is 9.71 Å². The van der Waals surface area contributed by atoms with Gasteiger partial charge >= 0.3 is 0 Å². The van der Waals surface area contributed by atoms with Gasteiger partial charge in [0.05, 0.1) is 17.6 Å². The predicted octanol–water partition coefficient (Wildman–Crippen LogP) is 1.87. The van der Waals surface area contributed by atoms with Gasteiger partial charge in [0.25, 0.3) is 0 Å². The van der Waals surface area contributed by atoms with E-state index in [4.69, 9.17) is 10.2 Å². The van der Waals surface area contributed by atoms with Crippen LogP contribution in [-0.2, 0) is 16.6 Å². The third kappa shape index (κ3) is 3.90. The largest absolute Gasteiger partial charge is 0.445 e. The molecule has 0 bridgehead atoms. The molecule has 0 spiro atoms. The summed E-state index contributed by atoms with van der Waals surface area (Å²) in [4.78, 5) is 4.15. The van der Waals surface area contributed by atoms with E-state index in [0.29, 0.717) is 11.7 Å². The fourth-order valence-electron chi connectivity index (χ4n) is 1.87. The third-order valence-electron chi connectivity index (χ3n) is 3.12. The number of hydrogen-bond acceptors (Lipinski definition) is 5. The molecule has 3 N–H and O–H groups in total. The van der Waals surface area contributed by atoms with Crippen LogP contribution >= 0.6 is 0 Å². The number of benzene rings is 1. The number of nitrogens with zero attached hydrogens (tertiary/aromatic N) is 1. The van der Waals surface area contributed by atoms with Gasteiger partial charge in [-0.2, -0.15) is 0 Å². The highest BCUT2D eigenvalue weighted by Crippen LogP contribution is 2.18. The minimum atomic E-state index is -3.62. The molecule has 2 aromatic rings. The van der Waals surface area contributed by atoms with Crippen molar-refractivity contribution in [2.45, 2.75) is 37.8 Å². The Balaban J connectivity index is 2.15. The Morgan fingerprint density at radius 1 is 1.43 bits per heavy atom. The molecule has 0 aliphatic carbocycles. The summed E-state index contributed by atoms with van der Waals surface area (Å²) < 4.78 is 32.2. The van der Waals surface area contributed by atoms with Crippen molar-refractivity contribution >= 4 is 10.0 Å². The van der Waals surface area contributed by atoms with Crippen molar-refractivity contribution in [1.29, 1.82) is 0 Å². The van der Waals surface area contributed by atoms with E-state index < -0.39 is 10.0 Å². The van der Waals surface area contributed by atoms with E-state index in [1.54, 1.807) is 25.3 Å². The Bertz CT molecular complexity index is 710. The zero-order valence-electron chi connectivity index (χ0n) is 12.0. The van der Waals surface area contributed by atoms with Gasteiger partial charge in [0.1, 0.15) is 5.76 Å². The summed E-state index contributed by atoms with van der Waals surface area (Å²) in [5.74, 6) is 0.970. The Labute approximate surface area is 124 Å². The van der Waals surface area contributed by atoms with Crippen molar-refractivity contribution in [2.75, 3.05) is 0 Å². The molecule has 21 heavy (non-hydrogen) atoms. The number of rotatable bonds is 6. The number of aromatic nitrogens is 1. The minimum absolute atomic E-state index is 0.0141. The molecule has 6 nitrogen and oxygen atoms in total. The van der Waals surface area contributed by atoms with Crippen molar-refractivity contribution < 1.29 is 12.8 Å². The lowest BCUT2D eigenvalue weighted by molar-refractivity contribution is 0.463. The summed E-state index contributed by atoms with van der Waals surface area (Å²) in [5, 5.41) is 0. The van der Waals surface area contributed by atoms with E-state index in [-0.39, 0.29) is 17.5 Å². The van der Waals surface area contributed by atoms with Gasteiger partial charge in [-0.25, -0.2) is 18.1 Å². The molecule has 0 aliphatic rings. The number of hydrogen-bond donors (Lipinski definition) is 2. The summed E-state index contributed by atoms with van der Waals surface area (Å²) in [7, 11) is -3.62. The monoisotopic (exact) mass is 309 g/mol. The fourth-order valence-corrected chi connectivity index (χ4v) is 2.90. The highest BCUT2D eigenvalue weighted by molar-refractivity contribution is 7.89. The second kappa shape index (κ2) is 6.38. The second-order valence-corrected chi connectivity index (χ2v) is 6.54. The first-order valence-corrected chi connectivity index (χ1v) is 8.17. The van der Waals surface area contributed by atoms with E-state index >= 15 is 0 Å². The van der Waals surface area contributed by atoms with Gasteiger partial charge in [-0.3, -0.25) is 0 Å². The highest BCUT2D eigenvalue weighted by atomic mass is 32.2. The number of nitrogens with one attached hydrogen (secondary N) is 1. The molecule has 1 heterocycles. The first-order valence-electron chi connectivity index (χ1n) is 6.69. The van der Waals surface area contributed by atoms with Gasteiger partial charge in [0.2, 0.25) is 15.9 Å². The molecule has 1 unspecified atom stereocenters. The summed E-state index contributed by atoms with van der Waals surface area (Å²) in [6.07, 6.45) is 2.29. The predicted molar refractivity (Wildman–Crippen MR) is 78.9 cm³/mol. The summed E-state index contributed by atoms with van der Waals surface area (Å²) >= 11 is 0. The molecule has 1 aromatic carbocycles.